The van der Waals surface area contributed by atoms with Gasteiger partial charge in [-0.1, -0.05) is 30.3 Å². The molecule has 0 saturated carbocycles. The van der Waals surface area contributed by atoms with E-state index in [0.29, 0.717) is 24.4 Å². The molecule has 5 nitrogen and oxygen atoms in total. The highest BCUT2D eigenvalue weighted by atomic mass is 19.4. The maximum atomic E-state index is 12.7. The van der Waals surface area contributed by atoms with Crippen molar-refractivity contribution in [2.24, 2.45) is 11.7 Å². The highest BCUT2D eigenvalue weighted by molar-refractivity contribution is 5.26. The van der Waals surface area contributed by atoms with E-state index < -0.39 is 11.7 Å². The molecule has 0 fully saturated rings. The minimum atomic E-state index is -4.33. The average molecular weight is 299 g/mol. The van der Waals surface area contributed by atoms with Gasteiger partial charge in [0.15, 0.2) is 5.82 Å². The predicted octanol–water partition coefficient (Wildman–Crippen LogP) is 2.14. The van der Waals surface area contributed by atoms with Crippen LogP contribution in [-0.4, -0.2) is 27.2 Å². The first-order valence-corrected chi connectivity index (χ1v) is 6.51. The Kier molecular flexibility index (Phi) is 4.56. The SMILES string of the molecule is CC(Cc1cccc(C(F)(F)F)c1)C(CN)c1nn[nH]n1. The van der Waals surface area contributed by atoms with Crippen molar-refractivity contribution < 1.29 is 13.2 Å². The highest BCUT2D eigenvalue weighted by Gasteiger charge is 2.30. The van der Waals surface area contributed by atoms with Crippen molar-refractivity contribution in [3.05, 3.63) is 41.2 Å². The fourth-order valence-electron chi connectivity index (χ4n) is 2.31. The van der Waals surface area contributed by atoms with Crippen LogP contribution in [0, 0.1) is 5.92 Å². The summed E-state index contributed by atoms with van der Waals surface area (Å²) < 4.78 is 38.1. The molecule has 0 amide bonds. The second-order valence-corrected chi connectivity index (χ2v) is 4.99. The number of hydrogen-bond acceptors (Lipinski definition) is 4. The summed E-state index contributed by atoms with van der Waals surface area (Å²) >= 11 is 0. The zero-order valence-corrected chi connectivity index (χ0v) is 11.4. The first kappa shape index (κ1) is 15.4. The normalized spacial score (nSPS) is 14.9. The summed E-state index contributed by atoms with van der Waals surface area (Å²) in [6, 6.07) is 5.32. The van der Waals surface area contributed by atoms with Gasteiger partial charge in [-0.05, 0) is 24.0 Å². The lowest BCUT2D eigenvalue weighted by molar-refractivity contribution is -0.137. The van der Waals surface area contributed by atoms with E-state index in [2.05, 4.69) is 20.6 Å². The molecule has 3 N–H and O–H groups in total. The molecule has 0 radical (unpaired) electrons. The van der Waals surface area contributed by atoms with Crippen LogP contribution in [0.15, 0.2) is 24.3 Å². The first-order chi connectivity index (χ1) is 9.91. The zero-order chi connectivity index (χ0) is 15.5. The molecule has 0 spiro atoms. The van der Waals surface area contributed by atoms with Crippen LogP contribution >= 0.6 is 0 Å². The summed E-state index contributed by atoms with van der Waals surface area (Å²) in [5.74, 6) is 0.325. The number of benzene rings is 1. The van der Waals surface area contributed by atoms with Crippen molar-refractivity contribution >= 4 is 0 Å². The smallest absolute Gasteiger partial charge is 0.330 e. The summed E-state index contributed by atoms with van der Waals surface area (Å²) in [5.41, 5.74) is 5.68. The highest BCUT2D eigenvalue weighted by Crippen LogP contribution is 2.31. The third-order valence-corrected chi connectivity index (χ3v) is 3.45. The third-order valence-electron chi connectivity index (χ3n) is 3.45. The summed E-state index contributed by atoms with van der Waals surface area (Å²) in [6.07, 6.45) is -3.87. The molecule has 0 aliphatic carbocycles. The second-order valence-electron chi connectivity index (χ2n) is 4.99. The van der Waals surface area contributed by atoms with E-state index in [0.717, 1.165) is 6.07 Å². The number of rotatable bonds is 5. The molecule has 2 aromatic rings. The number of halogens is 3. The number of H-pyrrole nitrogens is 1. The molecule has 2 atom stereocenters. The molecule has 114 valence electrons. The van der Waals surface area contributed by atoms with Gasteiger partial charge in [-0.3, -0.25) is 0 Å². The van der Waals surface area contributed by atoms with Crippen molar-refractivity contribution in [2.75, 3.05) is 6.54 Å². The van der Waals surface area contributed by atoms with Crippen molar-refractivity contribution in [2.45, 2.75) is 25.4 Å². The standard InChI is InChI=1S/C13H16F3N5/c1-8(11(7-17)12-18-20-21-19-12)5-9-3-2-4-10(6-9)13(14,15)16/h2-4,6,8,11H,5,7,17H2,1H3,(H,18,19,20,21). The first-order valence-electron chi connectivity index (χ1n) is 6.51. The van der Waals surface area contributed by atoms with E-state index in [-0.39, 0.29) is 11.8 Å². The van der Waals surface area contributed by atoms with Gasteiger partial charge in [0, 0.05) is 12.5 Å². The Morgan fingerprint density at radius 3 is 2.67 bits per heavy atom. The number of hydrogen-bond donors (Lipinski definition) is 2. The van der Waals surface area contributed by atoms with Crippen LogP contribution < -0.4 is 5.73 Å². The van der Waals surface area contributed by atoms with Crippen LogP contribution in [0.4, 0.5) is 13.2 Å². The number of nitrogens with one attached hydrogen (secondary N) is 1. The maximum absolute atomic E-state index is 12.7. The molecule has 1 heterocycles. The van der Waals surface area contributed by atoms with Gasteiger partial charge < -0.3 is 5.73 Å². The number of nitrogens with zero attached hydrogens (tertiary/aromatic N) is 3. The molecule has 0 saturated heterocycles. The molecule has 0 aliphatic rings. The monoisotopic (exact) mass is 299 g/mol. The molecule has 2 unspecified atom stereocenters. The largest absolute Gasteiger partial charge is 0.416 e. The Morgan fingerprint density at radius 2 is 2.10 bits per heavy atom. The average Bonchev–Trinajstić information content (AvgIpc) is 2.93. The molecule has 2 rings (SSSR count). The van der Waals surface area contributed by atoms with Gasteiger partial charge >= 0.3 is 6.18 Å². The van der Waals surface area contributed by atoms with Gasteiger partial charge in [-0.15, -0.1) is 10.2 Å². The Hall–Kier alpha value is -1.96. The van der Waals surface area contributed by atoms with Crippen molar-refractivity contribution in [1.29, 1.82) is 0 Å². The quantitative estimate of drug-likeness (QED) is 0.886. The minimum absolute atomic E-state index is 0.00363. The van der Waals surface area contributed by atoms with Gasteiger partial charge in [-0.2, -0.15) is 18.4 Å². The van der Waals surface area contributed by atoms with Gasteiger partial charge in [-0.25, -0.2) is 0 Å². The van der Waals surface area contributed by atoms with Crippen LogP contribution in [0.5, 0.6) is 0 Å². The van der Waals surface area contributed by atoms with E-state index in [1.165, 1.54) is 12.1 Å². The van der Waals surface area contributed by atoms with Crippen LogP contribution in [0.2, 0.25) is 0 Å². The molecule has 21 heavy (non-hydrogen) atoms. The molecule has 0 bridgehead atoms. The summed E-state index contributed by atoms with van der Waals surface area (Å²) in [6.45, 7) is 2.22. The second kappa shape index (κ2) is 6.21. The number of nitrogens with two attached hydrogens (primary N) is 1. The number of aromatic amines is 1. The minimum Gasteiger partial charge on any atom is -0.330 e. The van der Waals surface area contributed by atoms with Gasteiger partial charge in [0.05, 0.1) is 5.56 Å². The third kappa shape index (κ3) is 3.78. The Balaban J connectivity index is 2.14. The molecule has 1 aromatic heterocycles. The van der Waals surface area contributed by atoms with Gasteiger partial charge in [0.1, 0.15) is 0 Å². The lowest BCUT2D eigenvalue weighted by atomic mass is 9.87. The summed E-state index contributed by atoms with van der Waals surface area (Å²) in [5, 5.41) is 13.6. The fourth-order valence-corrected chi connectivity index (χ4v) is 2.31. The van der Waals surface area contributed by atoms with Crippen LogP contribution in [0.3, 0.4) is 0 Å². The molecule has 1 aromatic carbocycles. The van der Waals surface area contributed by atoms with Gasteiger partial charge in [0.2, 0.25) is 0 Å². The molecular formula is C13H16F3N5. The van der Waals surface area contributed by atoms with Crippen LogP contribution in [-0.2, 0) is 12.6 Å². The van der Waals surface area contributed by atoms with Crippen molar-refractivity contribution in [3.8, 4) is 0 Å². The van der Waals surface area contributed by atoms with E-state index >= 15 is 0 Å². The summed E-state index contributed by atoms with van der Waals surface area (Å²) in [7, 11) is 0. The molecule has 0 aliphatic heterocycles. The molecular weight excluding hydrogens is 283 g/mol. The predicted molar refractivity (Wildman–Crippen MR) is 70.3 cm³/mol. The van der Waals surface area contributed by atoms with Gasteiger partial charge in [0.25, 0.3) is 0 Å². The van der Waals surface area contributed by atoms with E-state index in [1.807, 2.05) is 6.92 Å². The van der Waals surface area contributed by atoms with E-state index in [9.17, 15) is 13.2 Å². The van der Waals surface area contributed by atoms with Crippen LogP contribution in [0.1, 0.15) is 29.8 Å². The van der Waals surface area contributed by atoms with E-state index in [4.69, 9.17) is 5.73 Å². The Bertz CT molecular complexity index is 567. The Morgan fingerprint density at radius 1 is 1.33 bits per heavy atom. The Labute approximate surface area is 119 Å². The molecule has 8 heteroatoms. The van der Waals surface area contributed by atoms with Crippen LogP contribution in [0.25, 0.3) is 0 Å². The lowest BCUT2D eigenvalue weighted by Crippen LogP contribution is -2.22. The van der Waals surface area contributed by atoms with Crippen molar-refractivity contribution in [1.82, 2.24) is 20.6 Å². The van der Waals surface area contributed by atoms with Crippen molar-refractivity contribution in [3.63, 3.8) is 0 Å². The number of alkyl halides is 3. The summed E-state index contributed by atoms with van der Waals surface area (Å²) in [4.78, 5) is 0. The topological polar surface area (TPSA) is 80.5 Å². The van der Waals surface area contributed by atoms with E-state index in [1.54, 1.807) is 6.07 Å². The maximum Gasteiger partial charge on any atom is 0.416 e. The lowest BCUT2D eigenvalue weighted by Gasteiger charge is -2.20. The number of tetrazole rings is 1. The number of aromatic nitrogens is 4. The zero-order valence-electron chi connectivity index (χ0n) is 11.4. The fraction of sp³-hybridized carbons (Fsp3) is 0.462.